The average Bonchev–Trinajstić information content (AvgIpc) is 3.07. The Morgan fingerprint density at radius 2 is 1.79 bits per heavy atom. The quantitative estimate of drug-likeness (QED) is 0.593. The minimum Gasteiger partial charge on any atom is -0.367 e. The Labute approximate surface area is 148 Å². The van der Waals surface area contributed by atoms with Gasteiger partial charge in [0.25, 0.3) is 0 Å². The first-order valence-corrected chi connectivity index (χ1v) is 8.23. The zero-order valence-electron chi connectivity index (χ0n) is 12.6. The number of halogens is 2. The molecule has 4 aromatic rings. The molecular weight excluding hydrogens is 345 g/mol. The molecule has 0 aliphatic heterocycles. The summed E-state index contributed by atoms with van der Waals surface area (Å²) in [5.74, 6) is 0.705. The summed E-state index contributed by atoms with van der Waals surface area (Å²) < 4.78 is 1.89. The zero-order chi connectivity index (χ0) is 16.5. The summed E-state index contributed by atoms with van der Waals surface area (Å²) in [6, 6.07) is 13.4. The number of aromatic nitrogens is 4. The van der Waals surface area contributed by atoms with Gasteiger partial charge in [-0.1, -0.05) is 35.3 Å². The van der Waals surface area contributed by atoms with Crippen molar-refractivity contribution in [3.63, 3.8) is 0 Å². The van der Waals surface area contributed by atoms with Crippen molar-refractivity contribution in [2.75, 3.05) is 11.9 Å². The number of nitrogens with one attached hydrogen (secondary N) is 1. The van der Waals surface area contributed by atoms with Crippen LogP contribution in [-0.2, 0) is 6.42 Å². The number of benzene rings is 2. The van der Waals surface area contributed by atoms with Crippen molar-refractivity contribution in [3.8, 4) is 0 Å². The smallest absolute Gasteiger partial charge is 0.203 e. The summed E-state index contributed by atoms with van der Waals surface area (Å²) in [6.07, 6.45) is 2.53. The number of fused-ring (bicyclic) bond motifs is 3. The highest BCUT2D eigenvalue weighted by Crippen LogP contribution is 2.23. The van der Waals surface area contributed by atoms with E-state index in [4.69, 9.17) is 23.2 Å². The molecule has 0 saturated carbocycles. The van der Waals surface area contributed by atoms with Crippen LogP contribution in [0.3, 0.4) is 0 Å². The molecule has 2 heterocycles. The fourth-order valence-electron chi connectivity index (χ4n) is 2.62. The third kappa shape index (κ3) is 2.88. The molecule has 0 fully saturated rings. The fraction of sp³-hybridized carbons (Fsp3) is 0.118. The predicted octanol–water partition coefficient (Wildman–Crippen LogP) is 4.24. The van der Waals surface area contributed by atoms with E-state index in [1.807, 2.05) is 46.9 Å². The Morgan fingerprint density at radius 1 is 1.00 bits per heavy atom. The van der Waals surface area contributed by atoms with Crippen LogP contribution in [0.5, 0.6) is 0 Å². The van der Waals surface area contributed by atoms with Gasteiger partial charge in [0.05, 0.1) is 11.0 Å². The van der Waals surface area contributed by atoms with Crippen LogP contribution in [0, 0.1) is 0 Å². The van der Waals surface area contributed by atoms with Crippen LogP contribution >= 0.6 is 23.2 Å². The van der Waals surface area contributed by atoms with Gasteiger partial charge in [0.15, 0.2) is 5.82 Å². The van der Waals surface area contributed by atoms with Crippen LogP contribution in [0.4, 0.5) is 5.82 Å². The van der Waals surface area contributed by atoms with E-state index in [1.54, 1.807) is 6.33 Å². The Morgan fingerprint density at radius 3 is 2.62 bits per heavy atom. The topological polar surface area (TPSA) is 55.1 Å². The lowest BCUT2D eigenvalue weighted by atomic mass is 10.1. The number of hydrogen-bond donors (Lipinski definition) is 1. The van der Waals surface area contributed by atoms with Crippen LogP contribution in [-0.4, -0.2) is 26.1 Å². The molecule has 0 aliphatic carbocycles. The second kappa shape index (κ2) is 6.26. The molecular formula is C17H13Cl2N5. The molecule has 0 spiro atoms. The summed E-state index contributed by atoms with van der Waals surface area (Å²) >= 11 is 12.0. The molecule has 0 aliphatic rings. The Kier molecular flexibility index (Phi) is 3.96. The SMILES string of the molecule is Clc1ccc(CCNc2nc3ccc(Cl)cc3n3cnnc23)cc1. The normalized spacial score (nSPS) is 11.2. The van der Waals surface area contributed by atoms with E-state index in [0.717, 1.165) is 29.0 Å². The second-order valence-electron chi connectivity index (χ2n) is 5.42. The molecule has 120 valence electrons. The number of anilines is 1. The van der Waals surface area contributed by atoms with Gasteiger partial charge < -0.3 is 5.32 Å². The van der Waals surface area contributed by atoms with Gasteiger partial charge in [-0.15, -0.1) is 10.2 Å². The molecule has 0 radical (unpaired) electrons. The Hall–Kier alpha value is -2.37. The monoisotopic (exact) mass is 357 g/mol. The highest BCUT2D eigenvalue weighted by atomic mass is 35.5. The van der Waals surface area contributed by atoms with E-state index in [2.05, 4.69) is 20.5 Å². The van der Waals surface area contributed by atoms with Gasteiger partial charge in [-0.2, -0.15) is 0 Å². The molecule has 0 bridgehead atoms. The van der Waals surface area contributed by atoms with Crippen LogP contribution in [0.15, 0.2) is 48.8 Å². The van der Waals surface area contributed by atoms with Gasteiger partial charge in [0.2, 0.25) is 5.65 Å². The highest BCUT2D eigenvalue weighted by molar-refractivity contribution is 6.31. The van der Waals surface area contributed by atoms with E-state index >= 15 is 0 Å². The lowest BCUT2D eigenvalue weighted by molar-refractivity contribution is 1.01. The van der Waals surface area contributed by atoms with Crippen molar-refractivity contribution in [2.24, 2.45) is 0 Å². The summed E-state index contributed by atoms with van der Waals surface area (Å²) in [4.78, 5) is 4.65. The van der Waals surface area contributed by atoms with Crippen molar-refractivity contribution >= 4 is 45.7 Å². The summed E-state index contributed by atoms with van der Waals surface area (Å²) in [6.45, 7) is 0.732. The van der Waals surface area contributed by atoms with Crippen molar-refractivity contribution in [2.45, 2.75) is 6.42 Å². The highest BCUT2D eigenvalue weighted by Gasteiger charge is 2.10. The third-order valence-corrected chi connectivity index (χ3v) is 4.30. The third-order valence-electron chi connectivity index (χ3n) is 3.81. The zero-order valence-corrected chi connectivity index (χ0v) is 14.1. The van der Waals surface area contributed by atoms with Gasteiger partial charge in [-0.25, -0.2) is 4.98 Å². The first-order valence-electron chi connectivity index (χ1n) is 7.48. The summed E-state index contributed by atoms with van der Waals surface area (Å²) in [5.41, 5.74) is 3.60. The maximum atomic E-state index is 6.08. The van der Waals surface area contributed by atoms with Gasteiger partial charge in [-0.05, 0) is 42.3 Å². The molecule has 1 N–H and O–H groups in total. The van der Waals surface area contributed by atoms with Crippen LogP contribution < -0.4 is 5.32 Å². The summed E-state index contributed by atoms with van der Waals surface area (Å²) in [5, 5.41) is 12.9. The van der Waals surface area contributed by atoms with E-state index in [-0.39, 0.29) is 0 Å². The van der Waals surface area contributed by atoms with Crippen LogP contribution in [0.2, 0.25) is 10.0 Å². The van der Waals surface area contributed by atoms with Gasteiger partial charge in [0, 0.05) is 16.6 Å². The van der Waals surface area contributed by atoms with E-state index in [1.165, 1.54) is 5.56 Å². The first kappa shape index (κ1) is 15.2. The maximum Gasteiger partial charge on any atom is 0.203 e. The summed E-state index contributed by atoms with van der Waals surface area (Å²) in [7, 11) is 0. The van der Waals surface area contributed by atoms with Crippen molar-refractivity contribution in [3.05, 3.63) is 64.4 Å². The van der Waals surface area contributed by atoms with E-state index in [9.17, 15) is 0 Å². The molecule has 24 heavy (non-hydrogen) atoms. The Bertz CT molecular complexity index is 1010. The lowest BCUT2D eigenvalue weighted by Gasteiger charge is -2.09. The van der Waals surface area contributed by atoms with Gasteiger partial charge in [-0.3, -0.25) is 4.40 Å². The van der Waals surface area contributed by atoms with Gasteiger partial charge >= 0.3 is 0 Å². The minimum absolute atomic E-state index is 0.655. The molecule has 5 nitrogen and oxygen atoms in total. The van der Waals surface area contributed by atoms with E-state index < -0.39 is 0 Å². The Balaban J connectivity index is 1.62. The molecule has 2 aromatic heterocycles. The average molecular weight is 358 g/mol. The van der Waals surface area contributed by atoms with Crippen molar-refractivity contribution in [1.29, 1.82) is 0 Å². The van der Waals surface area contributed by atoms with Crippen molar-refractivity contribution in [1.82, 2.24) is 19.6 Å². The molecule has 0 atom stereocenters. The number of nitrogens with zero attached hydrogens (tertiary/aromatic N) is 4. The minimum atomic E-state index is 0.655. The molecule has 4 rings (SSSR count). The lowest BCUT2D eigenvalue weighted by Crippen LogP contribution is -2.08. The molecule has 0 amide bonds. The molecule has 2 aromatic carbocycles. The maximum absolute atomic E-state index is 6.08. The van der Waals surface area contributed by atoms with Crippen molar-refractivity contribution < 1.29 is 0 Å². The van der Waals surface area contributed by atoms with Gasteiger partial charge in [0.1, 0.15) is 6.33 Å². The molecule has 7 heteroatoms. The standard InChI is InChI=1S/C17H13Cl2N5/c18-12-3-1-11(2-4-12)7-8-20-16-17-23-21-10-24(17)15-9-13(19)5-6-14(15)22-16/h1-6,9-10H,7-8H2,(H,20,22). The van der Waals surface area contributed by atoms with Crippen LogP contribution in [0.25, 0.3) is 16.7 Å². The number of rotatable bonds is 4. The van der Waals surface area contributed by atoms with E-state index in [0.29, 0.717) is 16.5 Å². The number of hydrogen-bond acceptors (Lipinski definition) is 4. The predicted molar refractivity (Wildman–Crippen MR) is 96.9 cm³/mol. The largest absolute Gasteiger partial charge is 0.367 e. The first-order chi connectivity index (χ1) is 11.7. The molecule has 0 saturated heterocycles. The second-order valence-corrected chi connectivity index (χ2v) is 6.29. The van der Waals surface area contributed by atoms with Crippen LogP contribution in [0.1, 0.15) is 5.56 Å². The fourth-order valence-corrected chi connectivity index (χ4v) is 2.91. The molecule has 0 unspecified atom stereocenters.